The number of hydrogen-bond acceptors (Lipinski definition) is 5. The molecule has 2 rings (SSSR count). The molecule has 1 aromatic rings. The second kappa shape index (κ2) is 9.29. The van der Waals surface area contributed by atoms with Gasteiger partial charge < -0.3 is 14.7 Å². The van der Waals surface area contributed by atoms with Crippen LogP contribution in [0, 0.1) is 12.8 Å². The number of piperazine rings is 1. The van der Waals surface area contributed by atoms with E-state index in [1.54, 1.807) is 6.92 Å². The second-order valence-corrected chi connectivity index (χ2v) is 5.81. The first kappa shape index (κ1) is 19.1. The Hall–Kier alpha value is -0.900. The summed E-state index contributed by atoms with van der Waals surface area (Å²) in [6, 6.07) is 0. The first-order chi connectivity index (χ1) is 10.1. The van der Waals surface area contributed by atoms with Gasteiger partial charge in [0.05, 0.1) is 6.54 Å². The maximum Gasteiger partial charge on any atom is 0.223 e. The van der Waals surface area contributed by atoms with Crippen molar-refractivity contribution in [2.24, 2.45) is 10.9 Å². The third-order valence-corrected chi connectivity index (χ3v) is 3.48. The number of nitrogens with one attached hydrogen (secondary N) is 1. The van der Waals surface area contributed by atoms with Gasteiger partial charge in [-0.15, -0.1) is 24.0 Å². The topological polar surface area (TPSA) is 69.8 Å². The van der Waals surface area contributed by atoms with Gasteiger partial charge in [-0.25, -0.2) is 0 Å². The van der Waals surface area contributed by atoms with Crippen LogP contribution >= 0.6 is 24.0 Å². The van der Waals surface area contributed by atoms with Gasteiger partial charge >= 0.3 is 0 Å². The van der Waals surface area contributed by atoms with Crippen LogP contribution < -0.4 is 5.32 Å². The Balaban J connectivity index is 0.00000242. The number of nitrogens with zero attached hydrogens (tertiary/aromatic N) is 5. The molecule has 1 saturated heterocycles. The molecule has 0 spiro atoms. The van der Waals surface area contributed by atoms with Crippen LogP contribution in [-0.2, 0) is 6.54 Å². The van der Waals surface area contributed by atoms with E-state index in [0.29, 0.717) is 18.3 Å². The molecule has 22 heavy (non-hydrogen) atoms. The Kier molecular flexibility index (Phi) is 8.08. The van der Waals surface area contributed by atoms with Gasteiger partial charge in [-0.05, 0) is 5.92 Å². The van der Waals surface area contributed by atoms with Crippen molar-refractivity contribution in [3.63, 3.8) is 0 Å². The quantitative estimate of drug-likeness (QED) is 0.449. The Morgan fingerprint density at radius 1 is 1.32 bits per heavy atom. The van der Waals surface area contributed by atoms with Crippen LogP contribution in [0.5, 0.6) is 0 Å². The maximum absolute atomic E-state index is 4.97. The average Bonchev–Trinajstić information content (AvgIpc) is 2.86. The molecular weight excluding hydrogens is 395 g/mol. The van der Waals surface area contributed by atoms with Crippen LogP contribution in [0.25, 0.3) is 0 Å². The zero-order valence-electron chi connectivity index (χ0n) is 13.9. The molecule has 1 N–H and O–H groups in total. The molecule has 1 aliphatic rings. The molecule has 0 atom stereocenters. The first-order valence-corrected chi connectivity index (χ1v) is 7.55. The number of aliphatic imine (C=N–C) groups is 1. The summed E-state index contributed by atoms with van der Waals surface area (Å²) in [5, 5.41) is 7.18. The van der Waals surface area contributed by atoms with Gasteiger partial charge in [-0.2, -0.15) is 4.98 Å². The monoisotopic (exact) mass is 422 g/mol. The highest BCUT2D eigenvalue weighted by Crippen LogP contribution is 2.06. The number of halogens is 1. The Morgan fingerprint density at radius 2 is 2.00 bits per heavy atom. The van der Waals surface area contributed by atoms with Crippen molar-refractivity contribution in [3.8, 4) is 0 Å². The molecule has 126 valence electrons. The van der Waals surface area contributed by atoms with Gasteiger partial charge in [0, 0.05) is 46.7 Å². The molecule has 0 amide bonds. The summed E-state index contributed by atoms with van der Waals surface area (Å²) in [6.45, 7) is 12.2. The van der Waals surface area contributed by atoms with E-state index in [2.05, 4.69) is 44.1 Å². The fraction of sp³-hybridized carbons (Fsp3) is 0.786. The van der Waals surface area contributed by atoms with Crippen molar-refractivity contribution in [1.29, 1.82) is 0 Å². The molecule has 0 bridgehead atoms. The molecule has 1 fully saturated rings. The van der Waals surface area contributed by atoms with E-state index in [-0.39, 0.29) is 24.0 Å². The van der Waals surface area contributed by atoms with E-state index in [9.17, 15) is 0 Å². The Bertz CT molecular complexity index is 468. The standard InChI is InChI=1S/C14H26N6O.HI/c1-11(2)10-19-5-7-20(8-6-19)14(15-4)16-9-13-17-12(3)21-18-13;/h11H,5-10H2,1-4H3,(H,15,16);1H. The lowest BCUT2D eigenvalue weighted by atomic mass is 10.2. The number of aromatic nitrogens is 2. The van der Waals surface area contributed by atoms with Crippen molar-refractivity contribution >= 4 is 29.9 Å². The molecule has 1 aliphatic heterocycles. The minimum Gasteiger partial charge on any atom is -0.349 e. The second-order valence-electron chi connectivity index (χ2n) is 5.81. The van der Waals surface area contributed by atoms with Gasteiger partial charge in [0.2, 0.25) is 5.89 Å². The number of rotatable bonds is 4. The molecule has 1 aromatic heterocycles. The van der Waals surface area contributed by atoms with E-state index < -0.39 is 0 Å². The van der Waals surface area contributed by atoms with E-state index in [1.165, 1.54) is 6.54 Å². The molecule has 0 aromatic carbocycles. The highest BCUT2D eigenvalue weighted by Gasteiger charge is 2.20. The predicted octanol–water partition coefficient (Wildman–Crippen LogP) is 1.35. The molecule has 0 aliphatic carbocycles. The van der Waals surface area contributed by atoms with Gasteiger partial charge in [0.25, 0.3) is 0 Å². The van der Waals surface area contributed by atoms with Crippen LogP contribution in [0.2, 0.25) is 0 Å². The molecule has 0 radical (unpaired) electrons. The van der Waals surface area contributed by atoms with E-state index in [0.717, 1.165) is 38.1 Å². The van der Waals surface area contributed by atoms with Crippen molar-refractivity contribution in [2.45, 2.75) is 27.3 Å². The average molecular weight is 422 g/mol. The van der Waals surface area contributed by atoms with E-state index >= 15 is 0 Å². The summed E-state index contributed by atoms with van der Waals surface area (Å²) in [4.78, 5) is 13.3. The highest BCUT2D eigenvalue weighted by atomic mass is 127. The van der Waals surface area contributed by atoms with Crippen molar-refractivity contribution in [1.82, 2.24) is 25.3 Å². The summed E-state index contributed by atoms with van der Waals surface area (Å²) in [5.74, 6) is 2.87. The van der Waals surface area contributed by atoms with Crippen molar-refractivity contribution in [3.05, 3.63) is 11.7 Å². The lowest BCUT2D eigenvalue weighted by Gasteiger charge is -2.37. The van der Waals surface area contributed by atoms with Crippen molar-refractivity contribution in [2.75, 3.05) is 39.8 Å². The Morgan fingerprint density at radius 3 is 2.50 bits per heavy atom. The molecular formula is C14H27IN6O. The maximum atomic E-state index is 4.97. The van der Waals surface area contributed by atoms with Gasteiger partial charge in [-0.1, -0.05) is 19.0 Å². The predicted molar refractivity (Wildman–Crippen MR) is 97.5 cm³/mol. The van der Waals surface area contributed by atoms with Crippen LogP contribution in [0.15, 0.2) is 9.52 Å². The smallest absolute Gasteiger partial charge is 0.223 e. The normalized spacial score (nSPS) is 16.8. The van der Waals surface area contributed by atoms with Gasteiger partial charge in [-0.3, -0.25) is 9.89 Å². The van der Waals surface area contributed by atoms with Crippen LogP contribution in [0.1, 0.15) is 25.6 Å². The zero-order chi connectivity index (χ0) is 15.2. The summed E-state index contributed by atoms with van der Waals surface area (Å²) in [6.07, 6.45) is 0. The van der Waals surface area contributed by atoms with E-state index in [4.69, 9.17) is 4.52 Å². The van der Waals surface area contributed by atoms with E-state index in [1.807, 2.05) is 7.05 Å². The molecule has 8 heteroatoms. The number of hydrogen-bond donors (Lipinski definition) is 1. The summed E-state index contributed by atoms with van der Waals surface area (Å²) >= 11 is 0. The largest absolute Gasteiger partial charge is 0.349 e. The fourth-order valence-electron chi connectivity index (χ4n) is 2.56. The minimum absolute atomic E-state index is 0. The molecule has 0 unspecified atom stereocenters. The Labute approximate surface area is 149 Å². The molecule has 2 heterocycles. The highest BCUT2D eigenvalue weighted by molar-refractivity contribution is 14.0. The zero-order valence-corrected chi connectivity index (χ0v) is 16.2. The van der Waals surface area contributed by atoms with Crippen LogP contribution in [0.3, 0.4) is 0 Å². The third-order valence-electron chi connectivity index (χ3n) is 3.48. The number of aryl methyl sites for hydroxylation is 1. The molecule has 7 nitrogen and oxygen atoms in total. The minimum atomic E-state index is 0. The van der Waals surface area contributed by atoms with Gasteiger partial charge in [0.1, 0.15) is 0 Å². The molecule has 0 saturated carbocycles. The van der Waals surface area contributed by atoms with Crippen LogP contribution in [0.4, 0.5) is 0 Å². The summed E-state index contributed by atoms with van der Waals surface area (Å²) in [5.41, 5.74) is 0. The SMILES string of the molecule is CN=C(NCc1noc(C)n1)N1CCN(CC(C)C)CC1.I. The fourth-order valence-corrected chi connectivity index (χ4v) is 2.56. The van der Waals surface area contributed by atoms with Gasteiger partial charge in [0.15, 0.2) is 11.8 Å². The lowest BCUT2D eigenvalue weighted by Crippen LogP contribution is -2.52. The van der Waals surface area contributed by atoms with Crippen LogP contribution in [-0.4, -0.2) is 65.7 Å². The summed E-state index contributed by atoms with van der Waals surface area (Å²) in [7, 11) is 1.81. The first-order valence-electron chi connectivity index (χ1n) is 7.55. The van der Waals surface area contributed by atoms with Crippen molar-refractivity contribution < 1.29 is 4.52 Å². The lowest BCUT2D eigenvalue weighted by molar-refractivity contribution is 0.164. The summed E-state index contributed by atoms with van der Waals surface area (Å²) < 4.78 is 4.97. The number of guanidine groups is 1. The third kappa shape index (κ3) is 5.71.